The van der Waals surface area contributed by atoms with Crippen molar-refractivity contribution >= 4 is 39.2 Å². The van der Waals surface area contributed by atoms with Gasteiger partial charge in [-0.1, -0.05) is 0 Å². The summed E-state index contributed by atoms with van der Waals surface area (Å²) in [6.45, 7) is 0.542. The Labute approximate surface area is 122 Å². The third-order valence-electron chi connectivity index (χ3n) is 3.04. The summed E-state index contributed by atoms with van der Waals surface area (Å²) in [6.07, 6.45) is 3.62. The first-order chi connectivity index (χ1) is 9.06. The van der Waals surface area contributed by atoms with E-state index < -0.39 is 0 Å². The third-order valence-corrected chi connectivity index (χ3v) is 3.97. The summed E-state index contributed by atoms with van der Waals surface area (Å²) in [7, 11) is 1.93. The standard InChI is InChI=1S/C12H10BrFN4S/c1-17-3-2-15-11(17)6-18-10-4-7(13)8(14)5-9(10)16-12(18)19/h2-5H,6H2,1H3,(H,16,19). The van der Waals surface area contributed by atoms with Gasteiger partial charge in [-0.15, -0.1) is 0 Å². The normalized spacial score (nSPS) is 11.3. The molecular formula is C12H10BrFN4S. The van der Waals surface area contributed by atoms with Crippen LogP contribution >= 0.6 is 28.1 Å². The predicted molar refractivity (Wildman–Crippen MR) is 77.1 cm³/mol. The highest BCUT2D eigenvalue weighted by Gasteiger charge is 2.10. The van der Waals surface area contributed by atoms with Gasteiger partial charge in [-0.2, -0.15) is 0 Å². The molecule has 98 valence electrons. The van der Waals surface area contributed by atoms with Gasteiger partial charge >= 0.3 is 0 Å². The van der Waals surface area contributed by atoms with E-state index in [2.05, 4.69) is 25.9 Å². The van der Waals surface area contributed by atoms with Gasteiger partial charge in [-0.25, -0.2) is 9.37 Å². The monoisotopic (exact) mass is 340 g/mol. The number of benzene rings is 1. The SMILES string of the molecule is Cn1ccnc1Cn1c(=S)[nH]c2cc(F)c(Br)cc21. The number of fused-ring (bicyclic) bond motifs is 1. The molecule has 3 aromatic rings. The minimum absolute atomic E-state index is 0.312. The van der Waals surface area contributed by atoms with Crippen molar-refractivity contribution < 1.29 is 4.39 Å². The molecule has 4 nitrogen and oxygen atoms in total. The van der Waals surface area contributed by atoms with Crippen molar-refractivity contribution in [3.63, 3.8) is 0 Å². The first kappa shape index (κ1) is 12.6. The Morgan fingerprint density at radius 1 is 1.47 bits per heavy atom. The molecule has 0 bridgehead atoms. The second kappa shape index (κ2) is 4.57. The van der Waals surface area contributed by atoms with Crippen LogP contribution in [0.5, 0.6) is 0 Å². The molecule has 0 radical (unpaired) electrons. The molecule has 3 rings (SSSR count). The van der Waals surface area contributed by atoms with Gasteiger partial charge in [0.05, 0.1) is 22.1 Å². The number of nitrogens with zero attached hydrogens (tertiary/aromatic N) is 3. The van der Waals surface area contributed by atoms with Crippen molar-refractivity contribution in [1.29, 1.82) is 0 Å². The van der Waals surface area contributed by atoms with Gasteiger partial charge in [0.1, 0.15) is 11.6 Å². The number of rotatable bonds is 2. The Bertz CT molecular complexity index is 817. The number of imidazole rings is 2. The summed E-state index contributed by atoms with van der Waals surface area (Å²) in [5, 5.41) is 0. The molecule has 19 heavy (non-hydrogen) atoms. The molecule has 0 aliphatic rings. The molecule has 2 heterocycles. The highest BCUT2D eigenvalue weighted by molar-refractivity contribution is 9.10. The van der Waals surface area contributed by atoms with Crippen LogP contribution in [0.15, 0.2) is 29.0 Å². The highest BCUT2D eigenvalue weighted by atomic mass is 79.9. The van der Waals surface area contributed by atoms with Gasteiger partial charge in [0.25, 0.3) is 0 Å². The van der Waals surface area contributed by atoms with E-state index in [1.54, 1.807) is 12.3 Å². The number of aryl methyl sites for hydroxylation is 1. The maximum Gasteiger partial charge on any atom is 0.178 e. The van der Waals surface area contributed by atoms with Crippen molar-refractivity contribution in [1.82, 2.24) is 19.1 Å². The first-order valence-corrected chi connectivity index (χ1v) is 6.80. The van der Waals surface area contributed by atoms with E-state index in [1.165, 1.54) is 6.07 Å². The van der Waals surface area contributed by atoms with Crippen LogP contribution in [0.2, 0.25) is 0 Å². The maximum atomic E-state index is 13.5. The van der Waals surface area contributed by atoms with Gasteiger partial charge < -0.3 is 14.1 Å². The molecule has 0 amide bonds. The maximum absolute atomic E-state index is 13.5. The lowest BCUT2D eigenvalue weighted by molar-refractivity contribution is 0.622. The fourth-order valence-electron chi connectivity index (χ4n) is 2.00. The number of halogens is 2. The van der Waals surface area contributed by atoms with Crippen LogP contribution in [-0.2, 0) is 13.6 Å². The molecule has 0 saturated heterocycles. The smallest absolute Gasteiger partial charge is 0.178 e. The molecule has 0 unspecified atom stereocenters. The Morgan fingerprint density at radius 3 is 2.95 bits per heavy atom. The van der Waals surface area contributed by atoms with E-state index in [9.17, 15) is 4.39 Å². The number of hydrogen-bond acceptors (Lipinski definition) is 2. The second-order valence-electron chi connectivity index (χ2n) is 4.25. The molecule has 1 aromatic carbocycles. The van der Waals surface area contributed by atoms with Crippen molar-refractivity contribution in [3.05, 3.63) is 45.4 Å². The van der Waals surface area contributed by atoms with Crippen LogP contribution in [0.25, 0.3) is 11.0 Å². The average molecular weight is 341 g/mol. The number of aromatic amines is 1. The second-order valence-corrected chi connectivity index (χ2v) is 5.50. The summed E-state index contributed by atoms with van der Waals surface area (Å²) in [5.74, 6) is 0.574. The molecular weight excluding hydrogens is 331 g/mol. The molecule has 7 heteroatoms. The Hall–Kier alpha value is -1.47. The van der Waals surface area contributed by atoms with Crippen molar-refractivity contribution in [3.8, 4) is 0 Å². The van der Waals surface area contributed by atoms with E-state index in [-0.39, 0.29) is 5.82 Å². The van der Waals surface area contributed by atoms with Crippen molar-refractivity contribution in [2.75, 3.05) is 0 Å². The molecule has 1 N–H and O–H groups in total. The van der Waals surface area contributed by atoms with Gasteiger partial charge in [-0.05, 0) is 34.2 Å². The minimum Gasteiger partial charge on any atom is -0.337 e. The summed E-state index contributed by atoms with van der Waals surface area (Å²) < 4.78 is 18.3. The van der Waals surface area contributed by atoms with E-state index in [4.69, 9.17) is 12.2 Å². The van der Waals surface area contributed by atoms with Crippen molar-refractivity contribution in [2.24, 2.45) is 7.05 Å². The summed E-state index contributed by atoms with van der Waals surface area (Å²) in [5.41, 5.74) is 1.53. The van der Waals surface area contributed by atoms with E-state index in [0.717, 1.165) is 11.3 Å². The molecule has 0 spiro atoms. The van der Waals surface area contributed by atoms with E-state index in [0.29, 0.717) is 21.3 Å². The highest BCUT2D eigenvalue weighted by Crippen LogP contribution is 2.23. The zero-order chi connectivity index (χ0) is 13.6. The van der Waals surface area contributed by atoms with Gasteiger partial charge in [0.2, 0.25) is 0 Å². The van der Waals surface area contributed by atoms with E-state index in [1.807, 2.05) is 22.4 Å². The van der Waals surface area contributed by atoms with Crippen molar-refractivity contribution in [2.45, 2.75) is 6.54 Å². The molecule has 0 atom stereocenters. The van der Waals surface area contributed by atoms with Crippen LogP contribution < -0.4 is 0 Å². The van der Waals surface area contributed by atoms with Gasteiger partial charge in [0, 0.05) is 25.5 Å². The number of hydrogen-bond donors (Lipinski definition) is 1. The lowest BCUT2D eigenvalue weighted by atomic mass is 10.3. The number of nitrogens with one attached hydrogen (secondary N) is 1. The zero-order valence-electron chi connectivity index (χ0n) is 10.0. The summed E-state index contributed by atoms with van der Waals surface area (Å²) in [4.78, 5) is 7.28. The van der Waals surface area contributed by atoms with Crippen LogP contribution in [0.3, 0.4) is 0 Å². The van der Waals surface area contributed by atoms with Gasteiger partial charge in [0.15, 0.2) is 4.77 Å². The zero-order valence-corrected chi connectivity index (χ0v) is 12.4. The summed E-state index contributed by atoms with van der Waals surface area (Å²) in [6, 6.07) is 3.16. The van der Waals surface area contributed by atoms with Crippen LogP contribution in [-0.4, -0.2) is 19.1 Å². The molecule has 2 aromatic heterocycles. The largest absolute Gasteiger partial charge is 0.337 e. The fraction of sp³-hybridized carbons (Fsp3) is 0.167. The van der Waals surface area contributed by atoms with Crippen LogP contribution in [0.1, 0.15) is 5.82 Å². The average Bonchev–Trinajstić information content (AvgIpc) is 2.88. The molecule has 0 fully saturated rings. The Kier molecular flexibility index (Phi) is 3.02. The van der Waals surface area contributed by atoms with Gasteiger partial charge in [-0.3, -0.25) is 0 Å². The quantitative estimate of drug-likeness (QED) is 0.726. The lowest BCUT2D eigenvalue weighted by Gasteiger charge is -2.05. The number of aromatic nitrogens is 4. The van der Waals surface area contributed by atoms with Crippen LogP contribution in [0, 0.1) is 10.6 Å². The topological polar surface area (TPSA) is 38.5 Å². The minimum atomic E-state index is -0.312. The molecule has 0 aliphatic heterocycles. The predicted octanol–water partition coefficient (Wildman–Crippen LogP) is 3.38. The fourth-order valence-corrected chi connectivity index (χ4v) is 2.60. The third kappa shape index (κ3) is 2.12. The first-order valence-electron chi connectivity index (χ1n) is 5.60. The Balaban J connectivity index is 2.18. The summed E-state index contributed by atoms with van der Waals surface area (Å²) >= 11 is 8.48. The van der Waals surface area contributed by atoms with Crippen LogP contribution in [0.4, 0.5) is 4.39 Å². The Morgan fingerprint density at radius 2 is 2.26 bits per heavy atom. The molecule has 0 aliphatic carbocycles. The number of H-pyrrole nitrogens is 1. The molecule has 0 saturated carbocycles. The van der Waals surface area contributed by atoms with E-state index >= 15 is 0 Å². The lowest BCUT2D eigenvalue weighted by Crippen LogP contribution is -2.05.